The van der Waals surface area contributed by atoms with Gasteiger partial charge in [-0.2, -0.15) is 0 Å². The van der Waals surface area contributed by atoms with Crippen LogP contribution < -0.4 is 16.0 Å². The zero-order chi connectivity index (χ0) is 20.2. The molecule has 1 aliphatic heterocycles. The number of aromatic amines is 1. The van der Waals surface area contributed by atoms with E-state index in [-0.39, 0.29) is 18.9 Å². The lowest BCUT2D eigenvalue weighted by Gasteiger charge is -2.32. The van der Waals surface area contributed by atoms with Crippen molar-refractivity contribution < 1.29 is 14.3 Å². The van der Waals surface area contributed by atoms with Crippen LogP contribution >= 0.6 is 0 Å². The Labute approximate surface area is 167 Å². The molecule has 150 valence electrons. The van der Waals surface area contributed by atoms with E-state index < -0.39 is 12.0 Å². The second kappa shape index (κ2) is 8.27. The second-order valence-corrected chi connectivity index (χ2v) is 6.89. The Bertz CT molecular complexity index is 1030. The maximum atomic E-state index is 12.4. The number of hydrogen-bond donors (Lipinski definition) is 3. The maximum absolute atomic E-state index is 12.4. The van der Waals surface area contributed by atoms with Gasteiger partial charge in [0.15, 0.2) is 6.10 Å². The number of nitrogens with zero attached hydrogens (tertiary/aromatic N) is 3. The van der Waals surface area contributed by atoms with Crippen molar-refractivity contribution in [2.45, 2.75) is 19.1 Å². The smallest absolute Gasteiger partial charge is 0.248 e. The molecule has 4 N–H and O–H groups in total. The third kappa shape index (κ3) is 4.35. The fourth-order valence-corrected chi connectivity index (χ4v) is 3.36. The van der Waals surface area contributed by atoms with Crippen LogP contribution in [0.2, 0.25) is 0 Å². The summed E-state index contributed by atoms with van der Waals surface area (Å²) < 4.78 is 5.36. The molecule has 0 bridgehead atoms. The minimum Gasteiger partial charge on any atom is -0.367 e. The molecule has 1 saturated heterocycles. The summed E-state index contributed by atoms with van der Waals surface area (Å²) in [4.78, 5) is 37.6. The number of ether oxygens (including phenoxy) is 1. The van der Waals surface area contributed by atoms with Crippen molar-refractivity contribution in [1.82, 2.24) is 20.3 Å². The molecule has 0 aliphatic carbocycles. The molecule has 9 nitrogen and oxygen atoms in total. The van der Waals surface area contributed by atoms with Gasteiger partial charge in [0.1, 0.15) is 5.82 Å². The lowest BCUT2D eigenvalue weighted by Crippen LogP contribution is -2.48. The predicted octanol–water partition coefficient (Wildman–Crippen LogP) is 0.507. The third-order valence-electron chi connectivity index (χ3n) is 4.87. The van der Waals surface area contributed by atoms with Crippen LogP contribution in [0.5, 0.6) is 0 Å². The highest BCUT2D eigenvalue weighted by atomic mass is 16.5. The molecule has 9 heteroatoms. The Morgan fingerprint density at radius 2 is 2.17 bits per heavy atom. The second-order valence-electron chi connectivity index (χ2n) is 6.89. The average molecular weight is 394 g/mol. The number of nitrogens with two attached hydrogens (primary N) is 1. The number of aromatic nitrogens is 3. The van der Waals surface area contributed by atoms with Gasteiger partial charge in [-0.1, -0.05) is 18.2 Å². The zero-order valence-corrected chi connectivity index (χ0v) is 15.8. The molecule has 2 aromatic heterocycles. The molecule has 3 aromatic rings. The van der Waals surface area contributed by atoms with Crippen molar-refractivity contribution in [3.8, 4) is 0 Å². The number of carbonyl (C=O) groups is 2. The third-order valence-corrected chi connectivity index (χ3v) is 4.87. The Morgan fingerprint density at radius 1 is 1.31 bits per heavy atom. The topological polar surface area (TPSA) is 126 Å². The van der Waals surface area contributed by atoms with E-state index in [9.17, 15) is 9.59 Å². The van der Waals surface area contributed by atoms with Crippen LogP contribution in [0.1, 0.15) is 11.3 Å². The van der Waals surface area contributed by atoms with Gasteiger partial charge >= 0.3 is 0 Å². The summed E-state index contributed by atoms with van der Waals surface area (Å²) in [6.07, 6.45) is 4.71. The standard InChI is InChI=1S/C20H22N6O3/c21-20(28)17-12-26(5-6-29-17)18-11-22-9-14(25-18)10-24-19(27)7-13-8-23-16-4-2-1-3-15(13)16/h1-4,8-9,11,17,23H,5-7,10,12H2,(H2,21,28)(H,24,27). The molecule has 1 unspecified atom stereocenters. The van der Waals surface area contributed by atoms with E-state index >= 15 is 0 Å². The normalized spacial score (nSPS) is 16.7. The van der Waals surface area contributed by atoms with E-state index in [0.717, 1.165) is 16.5 Å². The molecule has 4 rings (SSSR count). The molecular weight excluding hydrogens is 372 g/mol. The number of H-pyrrole nitrogens is 1. The van der Waals surface area contributed by atoms with Gasteiger partial charge in [-0.15, -0.1) is 0 Å². The van der Waals surface area contributed by atoms with Crippen molar-refractivity contribution in [3.05, 3.63) is 54.1 Å². The SMILES string of the molecule is NC(=O)C1CN(c2cncc(CNC(=O)Cc3c[nH]c4ccccc34)n2)CCO1. The summed E-state index contributed by atoms with van der Waals surface area (Å²) in [7, 11) is 0. The van der Waals surface area contributed by atoms with E-state index in [1.54, 1.807) is 12.4 Å². The maximum Gasteiger partial charge on any atom is 0.248 e. The summed E-state index contributed by atoms with van der Waals surface area (Å²) in [6, 6.07) is 7.87. The lowest BCUT2D eigenvalue weighted by atomic mass is 10.1. The molecule has 1 fully saturated rings. The quantitative estimate of drug-likeness (QED) is 0.559. The highest BCUT2D eigenvalue weighted by Gasteiger charge is 2.25. The summed E-state index contributed by atoms with van der Waals surface area (Å²) in [5.41, 5.74) is 7.92. The number of amides is 2. The van der Waals surface area contributed by atoms with Crippen molar-refractivity contribution >= 4 is 28.5 Å². The first kappa shape index (κ1) is 18.9. The van der Waals surface area contributed by atoms with Gasteiger partial charge in [0.25, 0.3) is 0 Å². The number of para-hydroxylation sites is 1. The van der Waals surface area contributed by atoms with Gasteiger partial charge in [-0.25, -0.2) is 4.98 Å². The molecule has 1 aromatic carbocycles. The first-order chi connectivity index (χ1) is 14.1. The summed E-state index contributed by atoms with van der Waals surface area (Å²) in [5.74, 6) is 0.0356. The van der Waals surface area contributed by atoms with Crippen LogP contribution in [-0.2, 0) is 27.3 Å². The molecule has 0 saturated carbocycles. The zero-order valence-electron chi connectivity index (χ0n) is 15.8. The number of benzene rings is 1. The number of hydrogen-bond acceptors (Lipinski definition) is 6. The first-order valence-corrected chi connectivity index (χ1v) is 9.38. The molecule has 0 spiro atoms. The fourth-order valence-electron chi connectivity index (χ4n) is 3.36. The largest absolute Gasteiger partial charge is 0.367 e. The van der Waals surface area contributed by atoms with Gasteiger partial charge in [0.05, 0.1) is 44.2 Å². The molecule has 29 heavy (non-hydrogen) atoms. The van der Waals surface area contributed by atoms with Crippen molar-refractivity contribution in [2.75, 3.05) is 24.6 Å². The molecule has 1 atom stereocenters. The van der Waals surface area contributed by atoms with E-state index in [2.05, 4.69) is 20.3 Å². The van der Waals surface area contributed by atoms with Crippen LogP contribution in [0.25, 0.3) is 10.9 Å². The molecule has 1 aliphatic rings. The van der Waals surface area contributed by atoms with E-state index in [1.165, 1.54) is 0 Å². The van der Waals surface area contributed by atoms with Crippen molar-refractivity contribution in [3.63, 3.8) is 0 Å². The fraction of sp³-hybridized carbons (Fsp3) is 0.300. The van der Waals surface area contributed by atoms with Crippen molar-refractivity contribution in [1.29, 1.82) is 0 Å². The van der Waals surface area contributed by atoms with Gasteiger partial charge in [0.2, 0.25) is 11.8 Å². The number of anilines is 1. The minimum atomic E-state index is -0.662. The average Bonchev–Trinajstić information content (AvgIpc) is 3.15. The Balaban J connectivity index is 1.37. The number of fused-ring (bicyclic) bond motifs is 1. The molecular formula is C20H22N6O3. The van der Waals surface area contributed by atoms with Crippen LogP contribution in [-0.4, -0.2) is 52.6 Å². The number of carbonyl (C=O) groups excluding carboxylic acids is 2. The Hall–Kier alpha value is -3.46. The van der Waals surface area contributed by atoms with Crippen molar-refractivity contribution in [2.24, 2.45) is 5.73 Å². The highest BCUT2D eigenvalue weighted by Crippen LogP contribution is 2.18. The highest BCUT2D eigenvalue weighted by molar-refractivity contribution is 5.88. The summed E-state index contributed by atoms with van der Waals surface area (Å²) in [5, 5.41) is 3.93. The van der Waals surface area contributed by atoms with Crippen LogP contribution in [0.15, 0.2) is 42.9 Å². The number of morpholine rings is 1. The predicted molar refractivity (Wildman–Crippen MR) is 107 cm³/mol. The number of nitrogens with one attached hydrogen (secondary N) is 2. The van der Waals surface area contributed by atoms with Crippen LogP contribution in [0, 0.1) is 0 Å². The summed E-state index contributed by atoms with van der Waals surface area (Å²) in [6.45, 7) is 1.59. The van der Waals surface area contributed by atoms with E-state index in [1.807, 2.05) is 35.4 Å². The summed E-state index contributed by atoms with van der Waals surface area (Å²) >= 11 is 0. The Morgan fingerprint density at radius 3 is 3.03 bits per heavy atom. The van der Waals surface area contributed by atoms with Gasteiger partial charge in [0, 0.05) is 23.6 Å². The first-order valence-electron chi connectivity index (χ1n) is 9.38. The number of rotatable bonds is 6. The van der Waals surface area contributed by atoms with Gasteiger partial charge in [-0.3, -0.25) is 14.6 Å². The molecule has 2 amide bonds. The minimum absolute atomic E-state index is 0.0953. The van der Waals surface area contributed by atoms with Gasteiger partial charge in [-0.05, 0) is 11.6 Å². The van der Waals surface area contributed by atoms with E-state index in [0.29, 0.717) is 31.2 Å². The van der Waals surface area contributed by atoms with E-state index in [4.69, 9.17) is 10.5 Å². The number of primary amides is 1. The monoisotopic (exact) mass is 394 g/mol. The van der Waals surface area contributed by atoms with Crippen LogP contribution in [0.3, 0.4) is 0 Å². The van der Waals surface area contributed by atoms with Gasteiger partial charge < -0.3 is 25.7 Å². The lowest BCUT2D eigenvalue weighted by molar-refractivity contribution is -0.130. The Kier molecular flexibility index (Phi) is 5.39. The van der Waals surface area contributed by atoms with Crippen LogP contribution in [0.4, 0.5) is 5.82 Å². The molecule has 3 heterocycles. The molecule has 0 radical (unpaired) electrons.